The van der Waals surface area contributed by atoms with E-state index in [0.29, 0.717) is 18.5 Å². The van der Waals surface area contributed by atoms with E-state index in [9.17, 15) is 5.11 Å². The van der Waals surface area contributed by atoms with E-state index >= 15 is 0 Å². The molecule has 0 aromatic carbocycles. The van der Waals surface area contributed by atoms with Crippen LogP contribution in [0.2, 0.25) is 0 Å². The van der Waals surface area contributed by atoms with Crippen molar-refractivity contribution in [1.29, 1.82) is 0 Å². The highest BCUT2D eigenvalue weighted by Crippen LogP contribution is 2.38. The fourth-order valence-electron chi connectivity index (χ4n) is 5.19. The summed E-state index contributed by atoms with van der Waals surface area (Å²) in [4.78, 5) is 11.6. The first-order valence-corrected chi connectivity index (χ1v) is 12.2. The Bertz CT molecular complexity index is 1090. The fourth-order valence-corrected chi connectivity index (χ4v) is 5.19. The molecule has 3 aromatic rings. The summed E-state index contributed by atoms with van der Waals surface area (Å²) in [6.45, 7) is 4.78. The summed E-state index contributed by atoms with van der Waals surface area (Å²) in [5.41, 5.74) is 4.47. The number of aliphatic hydroxyl groups excluding tert-OH is 1. The molecule has 33 heavy (non-hydrogen) atoms. The van der Waals surface area contributed by atoms with Gasteiger partial charge in [0.25, 0.3) is 0 Å². The predicted octanol–water partition coefficient (Wildman–Crippen LogP) is 3.86. The van der Waals surface area contributed by atoms with Crippen molar-refractivity contribution in [2.24, 2.45) is 0 Å². The van der Waals surface area contributed by atoms with E-state index in [0.717, 1.165) is 61.2 Å². The summed E-state index contributed by atoms with van der Waals surface area (Å²) in [6.07, 6.45) is 9.70. The van der Waals surface area contributed by atoms with Gasteiger partial charge in [-0.2, -0.15) is 0 Å². The largest absolute Gasteiger partial charge is 0.393 e. The number of nitrogens with zero attached hydrogens (tertiary/aromatic N) is 5. The third-order valence-corrected chi connectivity index (χ3v) is 6.94. The number of hydrogen-bond acceptors (Lipinski definition) is 7. The Morgan fingerprint density at radius 3 is 2.70 bits per heavy atom. The van der Waals surface area contributed by atoms with Crippen molar-refractivity contribution in [2.45, 2.75) is 63.5 Å². The second kappa shape index (κ2) is 9.65. The maximum Gasteiger partial charge on any atom is 0.241 e. The van der Waals surface area contributed by atoms with Gasteiger partial charge in [0.1, 0.15) is 5.82 Å². The molecule has 1 atom stereocenters. The van der Waals surface area contributed by atoms with E-state index in [1.165, 1.54) is 18.5 Å². The first kappa shape index (κ1) is 22.1. The maximum absolute atomic E-state index is 10.0. The second-order valence-corrected chi connectivity index (χ2v) is 9.46. The van der Waals surface area contributed by atoms with E-state index in [4.69, 9.17) is 9.84 Å². The summed E-state index contributed by atoms with van der Waals surface area (Å²) in [5.74, 6) is 2.01. The number of anilines is 2. The SMILES string of the molecule is COC[C@H](C)Nc1ncc2c(-c3ccnc(N4CCCC4)c3)cc([C@H]3CC[C@H](O)CC3)n2n1. The first-order chi connectivity index (χ1) is 16.1. The minimum absolute atomic E-state index is 0.110. The molecule has 2 aliphatic rings. The minimum Gasteiger partial charge on any atom is -0.393 e. The monoisotopic (exact) mass is 450 g/mol. The standard InChI is InChI=1S/C25H34N6O2/c1-17(16-33-2)28-25-27-15-23-21(19-9-10-26-24(13-19)30-11-3-4-12-30)14-22(31(23)29-25)18-5-7-20(32)8-6-18/h9-10,13-15,17-18,20,32H,3-8,11-12,16H2,1-2H3,(H,28,29)/t17-,18-,20-/m0/s1. The Morgan fingerprint density at radius 1 is 1.15 bits per heavy atom. The molecule has 0 bridgehead atoms. The van der Waals surface area contributed by atoms with Crippen LogP contribution in [0.5, 0.6) is 0 Å². The highest BCUT2D eigenvalue weighted by atomic mass is 16.5. The molecule has 0 radical (unpaired) electrons. The molecular weight excluding hydrogens is 416 g/mol. The van der Waals surface area contributed by atoms with E-state index in [1.807, 2.05) is 12.4 Å². The van der Waals surface area contributed by atoms with Gasteiger partial charge in [-0.25, -0.2) is 14.5 Å². The molecule has 1 saturated carbocycles. The number of methoxy groups -OCH3 is 1. The second-order valence-electron chi connectivity index (χ2n) is 9.46. The molecule has 0 unspecified atom stereocenters. The van der Waals surface area contributed by atoms with Crippen molar-refractivity contribution in [3.05, 3.63) is 36.3 Å². The molecule has 176 valence electrons. The highest BCUT2D eigenvalue weighted by molar-refractivity contribution is 5.82. The zero-order chi connectivity index (χ0) is 22.8. The predicted molar refractivity (Wildman–Crippen MR) is 130 cm³/mol. The zero-order valence-electron chi connectivity index (χ0n) is 19.6. The zero-order valence-corrected chi connectivity index (χ0v) is 19.6. The van der Waals surface area contributed by atoms with Crippen molar-refractivity contribution >= 4 is 17.3 Å². The summed E-state index contributed by atoms with van der Waals surface area (Å²) in [7, 11) is 1.70. The summed E-state index contributed by atoms with van der Waals surface area (Å²) in [6, 6.07) is 6.66. The number of aliphatic hydroxyl groups is 1. The Morgan fingerprint density at radius 2 is 1.94 bits per heavy atom. The van der Waals surface area contributed by atoms with Crippen LogP contribution in [0.1, 0.15) is 57.1 Å². The molecule has 5 rings (SSSR count). The molecular formula is C25H34N6O2. The van der Waals surface area contributed by atoms with E-state index in [2.05, 4.69) is 49.8 Å². The van der Waals surface area contributed by atoms with Gasteiger partial charge in [-0.3, -0.25) is 0 Å². The van der Waals surface area contributed by atoms with Gasteiger partial charge >= 0.3 is 0 Å². The van der Waals surface area contributed by atoms with Crippen molar-refractivity contribution in [2.75, 3.05) is 37.0 Å². The Hall–Kier alpha value is -2.71. The van der Waals surface area contributed by atoms with Crippen molar-refractivity contribution < 1.29 is 9.84 Å². The molecule has 4 heterocycles. The Balaban J connectivity index is 1.55. The number of aromatic nitrogens is 4. The van der Waals surface area contributed by atoms with Crippen LogP contribution in [0, 0.1) is 0 Å². The van der Waals surface area contributed by atoms with E-state index in [1.54, 1.807) is 7.11 Å². The van der Waals surface area contributed by atoms with Crippen LogP contribution >= 0.6 is 0 Å². The molecule has 1 aliphatic heterocycles. The minimum atomic E-state index is -0.183. The van der Waals surface area contributed by atoms with Gasteiger partial charge in [0.15, 0.2) is 0 Å². The fraction of sp³-hybridized carbons (Fsp3) is 0.560. The molecule has 2 fully saturated rings. The third kappa shape index (κ3) is 4.68. The smallest absolute Gasteiger partial charge is 0.241 e. The van der Waals surface area contributed by atoms with Crippen molar-refractivity contribution in [1.82, 2.24) is 19.6 Å². The average Bonchev–Trinajstić information content (AvgIpc) is 3.48. The van der Waals surface area contributed by atoms with E-state index < -0.39 is 0 Å². The van der Waals surface area contributed by atoms with Gasteiger partial charge in [-0.15, -0.1) is 5.10 Å². The van der Waals surface area contributed by atoms with Crippen molar-refractivity contribution in [3.63, 3.8) is 0 Å². The van der Waals surface area contributed by atoms with Gasteiger partial charge in [-0.1, -0.05) is 0 Å². The maximum atomic E-state index is 10.0. The van der Waals surface area contributed by atoms with Crippen LogP contribution < -0.4 is 10.2 Å². The quantitative estimate of drug-likeness (QED) is 0.565. The molecule has 0 spiro atoms. The van der Waals surface area contributed by atoms with Crippen LogP contribution in [-0.4, -0.2) is 63.6 Å². The lowest BCUT2D eigenvalue weighted by atomic mass is 9.85. The summed E-state index contributed by atoms with van der Waals surface area (Å²) >= 11 is 0. The van der Waals surface area contributed by atoms with Crippen LogP contribution in [0.4, 0.5) is 11.8 Å². The topological polar surface area (TPSA) is 87.8 Å². The number of ether oxygens (including phenoxy) is 1. The Labute approximate surface area is 195 Å². The molecule has 0 amide bonds. The van der Waals surface area contributed by atoms with Gasteiger partial charge < -0.3 is 20.1 Å². The number of rotatable bonds is 7. The molecule has 8 heteroatoms. The number of hydrogen-bond donors (Lipinski definition) is 2. The first-order valence-electron chi connectivity index (χ1n) is 12.2. The number of fused-ring (bicyclic) bond motifs is 1. The lowest BCUT2D eigenvalue weighted by molar-refractivity contribution is 0.121. The number of nitrogens with one attached hydrogen (secondary N) is 1. The van der Waals surface area contributed by atoms with E-state index in [-0.39, 0.29) is 12.1 Å². The highest BCUT2D eigenvalue weighted by Gasteiger charge is 2.26. The van der Waals surface area contributed by atoms with Gasteiger partial charge in [-0.05, 0) is 69.2 Å². The van der Waals surface area contributed by atoms with Crippen LogP contribution in [0.3, 0.4) is 0 Å². The summed E-state index contributed by atoms with van der Waals surface area (Å²) < 4.78 is 7.31. The third-order valence-electron chi connectivity index (χ3n) is 6.94. The Kier molecular flexibility index (Phi) is 6.46. The average molecular weight is 451 g/mol. The molecule has 2 N–H and O–H groups in total. The van der Waals surface area contributed by atoms with Crippen molar-refractivity contribution in [3.8, 4) is 11.1 Å². The van der Waals surface area contributed by atoms with Crippen LogP contribution in [-0.2, 0) is 4.74 Å². The lowest BCUT2D eigenvalue weighted by Gasteiger charge is -2.25. The van der Waals surface area contributed by atoms with Gasteiger partial charge in [0, 0.05) is 49.6 Å². The molecule has 1 aliphatic carbocycles. The molecule has 8 nitrogen and oxygen atoms in total. The van der Waals surface area contributed by atoms with Crippen LogP contribution in [0.15, 0.2) is 30.6 Å². The van der Waals surface area contributed by atoms with Crippen LogP contribution in [0.25, 0.3) is 16.6 Å². The van der Waals surface area contributed by atoms with Gasteiger partial charge in [0.05, 0.1) is 24.4 Å². The van der Waals surface area contributed by atoms with Gasteiger partial charge in [0.2, 0.25) is 5.95 Å². The normalized spacial score (nSPS) is 22.1. The molecule has 1 saturated heterocycles. The lowest BCUT2D eigenvalue weighted by Crippen LogP contribution is -2.23. The molecule has 3 aromatic heterocycles. The number of pyridine rings is 1. The summed E-state index contributed by atoms with van der Waals surface area (Å²) in [5, 5.41) is 18.3.